The molecule has 0 saturated carbocycles. The van der Waals surface area contributed by atoms with E-state index in [9.17, 15) is 4.79 Å². The minimum Gasteiger partial charge on any atom is -0.349 e. The standard InChI is InChI=1S/C15H23N3O/c1-15(2)11-18(10-12-6-4-3-5-7-12)13(8-9-16)14(19)17-15/h3-7,13H,8-11,16H2,1-2H3,(H,17,19). The van der Waals surface area contributed by atoms with Gasteiger partial charge in [0.1, 0.15) is 0 Å². The van der Waals surface area contributed by atoms with Crippen LogP contribution in [-0.2, 0) is 11.3 Å². The average Bonchev–Trinajstić information content (AvgIpc) is 2.34. The molecule has 1 aliphatic rings. The highest BCUT2D eigenvalue weighted by Gasteiger charge is 2.37. The van der Waals surface area contributed by atoms with E-state index in [1.165, 1.54) is 5.56 Å². The van der Waals surface area contributed by atoms with E-state index >= 15 is 0 Å². The Kier molecular flexibility index (Phi) is 4.22. The maximum Gasteiger partial charge on any atom is 0.237 e. The molecule has 0 spiro atoms. The number of hydrogen-bond acceptors (Lipinski definition) is 3. The normalized spacial score (nSPS) is 23.1. The van der Waals surface area contributed by atoms with Crippen molar-refractivity contribution in [2.45, 2.75) is 38.4 Å². The highest BCUT2D eigenvalue weighted by atomic mass is 16.2. The summed E-state index contributed by atoms with van der Waals surface area (Å²) in [4.78, 5) is 14.4. The van der Waals surface area contributed by atoms with Crippen LogP contribution in [0.1, 0.15) is 25.8 Å². The van der Waals surface area contributed by atoms with Crippen LogP contribution in [0.3, 0.4) is 0 Å². The molecule has 0 aromatic heterocycles. The summed E-state index contributed by atoms with van der Waals surface area (Å²) in [6.45, 7) is 6.29. The summed E-state index contributed by atoms with van der Waals surface area (Å²) in [5.74, 6) is 0.0950. The Morgan fingerprint density at radius 1 is 1.37 bits per heavy atom. The molecule has 1 atom stereocenters. The van der Waals surface area contributed by atoms with Gasteiger partial charge in [0.25, 0.3) is 0 Å². The van der Waals surface area contributed by atoms with Gasteiger partial charge in [0.05, 0.1) is 6.04 Å². The molecule has 104 valence electrons. The van der Waals surface area contributed by atoms with Crippen molar-refractivity contribution in [3.05, 3.63) is 35.9 Å². The second kappa shape index (κ2) is 5.72. The fourth-order valence-electron chi connectivity index (χ4n) is 2.70. The topological polar surface area (TPSA) is 58.4 Å². The lowest BCUT2D eigenvalue weighted by Gasteiger charge is -2.43. The molecule has 1 aliphatic heterocycles. The molecule has 1 heterocycles. The zero-order valence-electron chi connectivity index (χ0n) is 11.7. The Morgan fingerprint density at radius 2 is 2.05 bits per heavy atom. The molecular weight excluding hydrogens is 238 g/mol. The number of nitrogens with one attached hydrogen (secondary N) is 1. The van der Waals surface area contributed by atoms with Gasteiger partial charge in [-0.05, 0) is 32.4 Å². The van der Waals surface area contributed by atoms with E-state index in [2.05, 4.69) is 36.2 Å². The van der Waals surface area contributed by atoms with Gasteiger partial charge in [-0.2, -0.15) is 0 Å². The van der Waals surface area contributed by atoms with Gasteiger partial charge < -0.3 is 11.1 Å². The first-order valence-electron chi connectivity index (χ1n) is 6.82. The number of benzene rings is 1. The third kappa shape index (κ3) is 3.55. The second-order valence-corrected chi connectivity index (χ2v) is 5.86. The number of rotatable bonds is 4. The number of carbonyl (C=O) groups is 1. The van der Waals surface area contributed by atoms with Crippen LogP contribution in [0.25, 0.3) is 0 Å². The number of carbonyl (C=O) groups excluding carboxylic acids is 1. The third-order valence-electron chi connectivity index (χ3n) is 3.47. The predicted molar refractivity (Wildman–Crippen MR) is 76.5 cm³/mol. The molecule has 0 aliphatic carbocycles. The minimum atomic E-state index is -0.184. The van der Waals surface area contributed by atoms with Gasteiger partial charge in [-0.25, -0.2) is 0 Å². The fourth-order valence-corrected chi connectivity index (χ4v) is 2.70. The highest BCUT2D eigenvalue weighted by molar-refractivity contribution is 5.83. The Morgan fingerprint density at radius 3 is 2.68 bits per heavy atom. The summed E-state index contributed by atoms with van der Waals surface area (Å²) in [6.07, 6.45) is 0.703. The maximum atomic E-state index is 12.2. The first-order chi connectivity index (χ1) is 9.02. The molecule has 1 amide bonds. The SMILES string of the molecule is CC1(C)CN(Cc2ccccc2)C(CCN)C(=O)N1. The van der Waals surface area contributed by atoms with Crippen molar-refractivity contribution < 1.29 is 4.79 Å². The van der Waals surface area contributed by atoms with Crippen molar-refractivity contribution in [3.63, 3.8) is 0 Å². The maximum absolute atomic E-state index is 12.2. The third-order valence-corrected chi connectivity index (χ3v) is 3.47. The molecule has 1 saturated heterocycles. The van der Waals surface area contributed by atoms with Gasteiger partial charge in [0, 0.05) is 18.6 Å². The van der Waals surface area contributed by atoms with E-state index < -0.39 is 0 Å². The summed E-state index contributed by atoms with van der Waals surface area (Å²) in [5.41, 5.74) is 6.69. The molecule has 1 aromatic carbocycles. The largest absolute Gasteiger partial charge is 0.349 e. The summed E-state index contributed by atoms with van der Waals surface area (Å²) >= 11 is 0. The molecule has 3 N–H and O–H groups in total. The summed E-state index contributed by atoms with van der Waals surface area (Å²) < 4.78 is 0. The van der Waals surface area contributed by atoms with E-state index in [0.29, 0.717) is 13.0 Å². The summed E-state index contributed by atoms with van der Waals surface area (Å²) in [6, 6.07) is 10.1. The predicted octanol–water partition coefficient (Wildman–Crippen LogP) is 1.11. The highest BCUT2D eigenvalue weighted by Crippen LogP contribution is 2.20. The lowest BCUT2D eigenvalue weighted by Crippen LogP contribution is -2.64. The van der Waals surface area contributed by atoms with Crippen LogP contribution in [0.4, 0.5) is 0 Å². The molecule has 4 heteroatoms. The molecule has 0 radical (unpaired) electrons. The Labute approximate surface area is 115 Å². The van der Waals surface area contributed by atoms with Gasteiger partial charge in [-0.3, -0.25) is 9.69 Å². The lowest BCUT2D eigenvalue weighted by atomic mass is 9.96. The zero-order valence-corrected chi connectivity index (χ0v) is 11.7. The molecule has 2 rings (SSSR count). The van der Waals surface area contributed by atoms with E-state index in [1.807, 2.05) is 18.2 Å². The average molecular weight is 261 g/mol. The first-order valence-corrected chi connectivity index (χ1v) is 6.82. The lowest BCUT2D eigenvalue weighted by molar-refractivity contribution is -0.133. The van der Waals surface area contributed by atoms with Crippen LogP contribution < -0.4 is 11.1 Å². The van der Waals surface area contributed by atoms with Crippen molar-refractivity contribution in [1.82, 2.24) is 10.2 Å². The van der Waals surface area contributed by atoms with Gasteiger partial charge in [-0.15, -0.1) is 0 Å². The molecule has 1 unspecified atom stereocenters. The quantitative estimate of drug-likeness (QED) is 0.854. The molecule has 1 fully saturated rings. The van der Waals surface area contributed by atoms with Crippen LogP contribution in [0, 0.1) is 0 Å². The fraction of sp³-hybridized carbons (Fsp3) is 0.533. The molecule has 19 heavy (non-hydrogen) atoms. The summed E-state index contributed by atoms with van der Waals surface area (Å²) in [7, 11) is 0. The van der Waals surface area contributed by atoms with Crippen LogP contribution in [0.5, 0.6) is 0 Å². The smallest absolute Gasteiger partial charge is 0.237 e. The van der Waals surface area contributed by atoms with E-state index in [1.54, 1.807) is 0 Å². The Bertz CT molecular complexity index is 430. The van der Waals surface area contributed by atoms with Crippen molar-refractivity contribution >= 4 is 5.91 Å². The second-order valence-electron chi connectivity index (χ2n) is 5.86. The molecule has 1 aromatic rings. The van der Waals surface area contributed by atoms with E-state index in [0.717, 1.165) is 13.1 Å². The van der Waals surface area contributed by atoms with Crippen molar-refractivity contribution in [3.8, 4) is 0 Å². The number of amides is 1. The van der Waals surface area contributed by atoms with Crippen LogP contribution in [0.15, 0.2) is 30.3 Å². The van der Waals surface area contributed by atoms with Crippen molar-refractivity contribution in [2.24, 2.45) is 5.73 Å². The number of nitrogens with two attached hydrogens (primary N) is 1. The molecular formula is C15H23N3O. The summed E-state index contributed by atoms with van der Waals surface area (Å²) in [5, 5.41) is 3.07. The van der Waals surface area contributed by atoms with Gasteiger partial charge in [-0.1, -0.05) is 30.3 Å². The van der Waals surface area contributed by atoms with Crippen molar-refractivity contribution in [1.29, 1.82) is 0 Å². The monoisotopic (exact) mass is 261 g/mol. The van der Waals surface area contributed by atoms with Gasteiger partial charge >= 0.3 is 0 Å². The minimum absolute atomic E-state index is 0.0950. The van der Waals surface area contributed by atoms with E-state index in [-0.39, 0.29) is 17.5 Å². The number of hydrogen-bond donors (Lipinski definition) is 2. The van der Waals surface area contributed by atoms with Gasteiger partial charge in [0.2, 0.25) is 5.91 Å². The number of piperazine rings is 1. The van der Waals surface area contributed by atoms with Gasteiger partial charge in [0.15, 0.2) is 0 Å². The van der Waals surface area contributed by atoms with E-state index in [4.69, 9.17) is 5.73 Å². The van der Waals surface area contributed by atoms with Crippen molar-refractivity contribution in [2.75, 3.05) is 13.1 Å². The first kappa shape index (κ1) is 14.0. The van der Waals surface area contributed by atoms with Crippen LogP contribution in [0.2, 0.25) is 0 Å². The Balaban J connectivity index is 2.15. The molecule has 4 nitrogen and oxygen atoms in total. The zero-order chi connectivity index (χ0) is 13.9. The number of nitrogens with zero attached hydrogens (tertiary/aromatic N) is 1. The molecule has 0 bridgehead atoms. The van der Waals surface area contributed by atoms with Crippen LogP contribution in [-0.4, -0.2) is 35.5 Å². The Hall–Kier alpha value is -1.39. The van der Waals surface area contributed by atoms with Crippen LogP contribution >= 0.6 is 0 Å².